The molecule has 0 N–H and O–H groups in total. The third kappa shape index (κ3) is 3.29. The summed E-state index contributed by atoms with van der Waals surface area (Å²) in [4.78, 5) is 4.21. The average molecular weight is 216 g/mol. The van der Waals surface area contributed by atoms with Crippen LogP contribution in [0.1, 0.15) is 38.9 Å². The van der Waals surface area contributed by atoms with Gasteiger partial charge < -0.3 is 0 Å². The molecule has 1 atom stereocenters. The van der Waals surface area contributed by atoms with Gasteiger partial charge in [-0.25, -0.2) is 4.98 Å². The predicted octanol–water partition coefficient (Wildman–Crippen LogP) is 2.64. The van der Waals surface area contributed by atoms with Crippen LogP contribution in [0.3, 0.4) is 0 Å². The summed E-state index contributed by atoms with van der Waals surface area (Å²) < 4.78 is 1.93. The summed E-state index contributed by atoms with van der Waals surface area (Å²) in [7, 11) is 0. The first-order chi connectivity index (χ1) is 6.77. The molecule has 0 radical (unpaired) electrons. The summed E-state index contributed by atoms with van der Waals surface area (Å²) in [5, 5.41) is 4.40. The second-order valence-electron chi connectivity index (χ2n) is 3.42. The van der Waals surface area contributed by atoms with Crippen LogP contribution in [0.5, 0.6) is 0 Å². The molecule has 0 bridgehead atoms. The highest BCUT2D eigenvalue weighted by Crippen LogP contribution is 2.12. The number of rotatable bonds is 6. The minimum Gasteiger partial charge on any atom is -0.250 e. The van der Waals surface area contributed by atoms with Gasteiger partial charge in [-0.15, -0.1) is 11.6 Å². The topological polar surface area (TPSA) is 30.7 Å². The third-order valence-corrected chi connectivity index (χ3v) is 2.71. The lowest BCUT2D eigenvalue weighted by atomic mass is 10.1. The van der Waals surface area contributed by atoms with E-state index in [1.807, 2.05) is 4.68 Å². The smallest absolute Gasteiger partial charge is 0.138 e. The molecule has 0 saturated heterocycles. The fourth-order valence-electron chi connectivity index (χ4n) is 1.49. The number of aryl methyl sites for hydroxylation is 2. The average Bonchev–Trinajstić information content (AvgIpc) is 2.62. The Morgan fingerprint density at radius 3 is 2.86 bits per heavy atom. The highest BCUT2D eigenvalue weighted by Gasteiger charge is 2.07. The minimum atomic E-state index is 0.280. The minimum absolute atomic E-state index is 0.280. The molecule has 0 amide bonds. The third-order valence-electron chi connectivity index (χ3n) is 2.28. The summed E-state index contributed by atoms with van der Waals surface area (Å²) in [6.07, 6.45) is 5.77. The molecular formula is C10H18ClN3. The Morgan fingerprint density at radius 2 is 2.21 bits per heavy atom. The number of nitrogens with zero attached hydrogens (tertiary/aromatic N) is 3. The van der Waals surface area contributed by atoms with E-state index in [1.54, 1.807) is 6.33 Å². The molecule has 0 spiro atoms. The van der Waals surface area contributed by atoms with E-state index in [0.717, 1.165) is 38.1 Å². The SMILES string of the molecule is CCCC(Cl)CCc1ncnn1CC. The maximum absolute atomic E-state index is 6.14. The van der Waals surface area contributed by atoms with Crippen molar-refractivity contribution in [2.24, 2.45) is 0 Å². The predicted molar refractivity (Wildman–Crippen MR) is 58.6 cm³/mol. The molecule has 3 nitrogen and oxygen atoms in total. The molecule has 1 rings (SSSR count). The van der Waals surface area contributed by atoms with E-state index < -0.39 is 0 Å². The quantitative estimate of drug-likeness (QED) is 0.684. The second-order valence-corrected chi connectivity index (χ2v) is 4.03. The summed E-state index contributed by atoms with van der Waals surface area (Å²) in [5.74, 6) is 1.05. The summed E-state index contributed by atoms with van der Waals surface area (Å²) in [6, 6.07) is 0. The number of hydrogen-bond acceptors (Lipinski definition) is 2. The summed E-state index contributed by atoms with van der Waals surface area (Å²) >= 11 is 6.14. The van der Waals surface area contributed by atoms with Crippen molar-refractivity contribution in [2.75, 3.05) is 0 Å². The van der Waals surface area contributed by atoms with Gasteiger partial charge in [-0.05, 0) is 19.8 Å². The maximum Gasteiger partial charge on any atom is 0.138 e. The first kappa shape index (κ1) is 11.5. The zero-order valence-corrected chi connectivity index (χ0v) is 9.67. The first-order valence-electron chi connectivity index (χ1n) is 5.28. The zero-order chi connectivity index (χ0) is 10.4. The lowest BCUT2D eigenvalue weighted by Crippen LogP contribution is -2.07. The molecule has 0 aliphatic carbocycles. The lowest BCUT2D eigenvalue weighted by Gasteiger charge is -2.07. The molecular weight excluding hydrogens is 198 g/mol. The van der Waals surface area contributed by atoms with Gasteiger partial charge in [-0.1, -0.05) is 13.3 Å². The second kappa shape index (κ2) is 6.02. The molecule has 0 saturated carbocycles. The van der Waals surface area contributed by atoms with Gasteiger partial charge in [0.15, 0.2) is 0 Å². The van der Waals surface area contributed by atoms with E-state index in [-0.39, 0.29) is 5.38 Å². The molecule has 1 unspecified atom stereocenters. The monoisotopic (exact) mass is 215 g/mol. The van der Waals surface area contributed by atoms with Crippen LogP contribution in [-0.4, -0.2) is 20.1 Å². The van der Waals surface area contributed by atoms with Gasteiger partial charge in [0.25, 0.3) is 0 Å². The fourth-order valence-corrected chi connectivity index (χ4v) is 1.82. The molecule has 0 aromatic carbocycles. The van der Waals surface area contributed by atoms with Crippen molar-refractivity contribution >= 4 is 11.6 Å². The highest BCUT2D eigenvalue weighted by molar-refractivity contribution is 6.20. The van der Waals surface area contributed by atoms with Gasteiger partial charge in [-0.3, -0.25) is 4.68 Å². The first-order valence-corrected chi connectivity index (χ1v) is 5.72. The van der Waals surface area contributed by atoms with E-state index >= 15 is 0 Å². The van der Waals surface area contributed by atoms with Gasteiger partial charge in [0, 0.05) is 18.3 Å². The van der Waals surface area contributed by atoms with Gasteiger partial charge in [0.1, 0.15) is 12.2 Å². The van der Waals surface area contributed by atoms with Gasteiger partial charge in [0.05, 0.1) is 0 Å². The van der Waals surface area contributed by atoms with Crippen LogP contribution in [0.2, 0.25) is 0 Å². The molecule has 0 aliphatic heterocycles. The van der Waals surface area contributed by atoms with E-state index in [2.05, 4.69) is 23.9 Å². The standard InChI is InChI=1S/C10H18ClN3/c1-3-5-9(11)6-7-10-12-8-13-14(10)4-2/h8-9H,3-7H2,1-2H3. The van der Waals surface area contributed by atoms with Crippen molar-refractivity contribution in [3.8, 4) is 0 Å². The van der Waals surface area contributed by atoms with Crippen LogP contribution in [0.15, 0.2) is 6.33 Å². The van der Waals surface area contributed by atoms with Gasteiger partial charge in [0.2, 0.25) is 0 Å². The van der Waals surface area contributed by atoms with Crippen LogP contribution < -0.4 is 0 Å². The molecule has 80 valence electrons. The Morgan fingerprint density at radius 1 is 1.43 bits per heavy atom. The van der Waals surface area contributed by atoms with Gasteiger partial charge >= 0.3 is 0 Å². The molecule has 4 heteroatoms. The maximum atomic E-state index is 6.14. The Kier molecular flexibility index (Phi) is 4.94. The van der Waals surface area contributed by atoms with Crippen LogP contribution in [0.25, 0.3) is 0 Å². The largest absolute Gasteiger partial charge is 0.250 e. The number of alkyl halides is 1. The Bertz CT molecular complexity index is 260. The van der Waals surface area contributed by atoms with Crippen LogP contribution in [0.4, 0.5) is 0 Å². The molecule has 14 heavy (non-hydrogen) atoms. The molecule has 1 heterocycles. The number of halogens is 1. The Labute approximate surface area is 90.5 Å². The van der Waals surface area contributed by atoms with Crippen molar-refractivity contribution in [1.29, 1.82) is 0 Å². The number of hydrogen-bond donors (Lipinski definition) is 0. The van der Waals surface area contributed by atoms with Gasteiger partial charge in [-0.2, -0.15) is 5.10 Å². The lowest BCUT2D eigenvalue weighted by molar-refractivity contribution is 0.586. The summed E-state index contributed by atoms with van der Waals surface area (Å²) in [6.45, 7) is 5.11. The highest BCUT2D eigenvalue weighted by atomic mass is 35.5. The van der Waals surface area contributed by atoms with Crippen LogP contribution >= 0.6 is 11.6 Å². The normalized spacial score (nSPS) is 13.1. The Balaban J connectivity index is 2.37. The van der Waals surface area contributed by atoms with Crippen molar-refractivity contribution in [1.82, 2.24) is 14.8 Å². The van der Waals surface area contributed by atoms with E-state index in [4.69, 9.17) is 11.6 Å². The fraction of sp³-hybridized carbons (Fsp3) is 0.800. The van der Waals surface area contributed by atoms with E-state index in [0.29, 0.717) is 0 Å². The summed E-state index contributed by atoms with van der Waals surface area (Å²) in [5.41, 5.74) is 0. The van der Waals surface area contributed by atoms with Crippen LogP contribution in [-0.2, 0) is 13.0 Å². The molecule has 0 aliphatic rings. The molecule has 0 fully saturated rings. The number of aromatic nitrogens is 3. The van der Waals surface area contributed by atoms with Crippen molar-refractivity contribution in [2.45, 2.75) is 51.5 Å². The zero-order valence-electron chi connectivity index (χ0n) is 8.91. The van der Waals surface area contributed by atoms with Crippen molar-refractivity contribution in [3.05, 3.63) is 12.2 Å². The Hall–Kier alpha value is -0.570. The molecule has 1 aromatic heterocycles. The van der Waals surface area contributed by atoms with Crippen LogP contribution in [0, 0.1) is 0 Å². The van der Waals surface area contributed by atoms with E-state index in [9.17, 15) is 0 Å². The van der Waals surface area contributed by atoms with Crippen molar-refractivity contribution < 1.29 is 0 Å². The molecule has 1 aromatic rings. The van der Waals surface area contributed by atoms with Crippen molar-refractivity contribution in [3.63, 3.8) is 0 Å². The van der Waals surface area contributed by atoms with E-state index in [1.165, 1.54) is 0 Å².